The first kappa shape index (κ1) is 16.3. The number of aryl methyl sites for hydroxylation is 2. The molecule has 1 aliphatic rings. The van der Waals surface area contributed by atoms with Crippen molar-refractivity contribution in [2.75, 3.05) is 6.79 Å². The van der Waals surface area contributed by atoms with E-state index in [1.165, 1.54) is 0 Å². The maximum Gasteiger partial charge on any atom is 0.287 e. The first-order chi connectivity index (χ1) is 12.6. The van der Waals surface area contributed by atoms with Crippen LogP contribution >= 0.6 is 0 Å². The third kappa shape index (κ3) is 3.15. The van der Waals surface area contributed by atoms with E-state index < -0.39 is 0 Å². The Morgan fingerprint density at radius 3 is 2.81 bits per heavy atom. The van der Waals surface area contributed by atoms with Crippen LogP contribution in [0, 0.1) is 13.8 Å². The molecule has 1 amide bonds. The molecular formula is C19H18N2O5. The topological polar surface area (TPSA) is 86.7 Å². The Morgan fingerprint density at radius 1 is 1.15 bits per heavy atom. The lowest BCUT2D eigenvalue weighted by Crippen LogP contribution is -2.22. The number of nitrogens with one attached hydrogen (secondary N) is 1. The molecule has 2 aromatic heterocycles. The lowest BCUT2D eigenvalue weighted by molar-refractivity contribution is 0.0921. The summed E-state index contributed by atoms with van der Waals surface area (Å²) in [5, 5.41) is 6.77. The van der Waals surface area contributed by atoms with Crippen LogP contribution in [0.4, 0.5) is 0 Å². The largest absolute Gasteiger partial charge is 0.456 e. The number of nitrogens with zero attached hydrogens (tertiary/aromatic N) is 1. The smallest absolute Gasteiger partial charge is 0.287 e. The van der Waals surface area contributed by atoms with Crippen LogP contribution in [0.25, 0.3) is 0 Å². The van der Waals surface area contributed by atoms with Gasteiger partial charge in [-0.1, -0.05) is 11.2 Å². The van der Waals surface area contributed by atoms with Gasteiger partial charge in [-0.25, -0.2) is 0 Å². The summed E-state index contributed by atoms with van der Waals surface area (Å²) in [6.45, 7) is 4.34. The summed E-state index contributed by atoms with van der Waals surface area (Å²) < 4.78 is 21.4. The van der Waals surface area contributed by atoms with Gasteiger partial charge in [0.1, 0.15) is 11.5 Å². The number of carbonyl (C=O) groups is 1. The van der Waals surface area contributed by atoms with Crippen LogP contribution in [0.15, 0.2) is 39.3 Å². The summed E-state index contributed by atoms with van der Waals surface area (Å²) in [4.78, 5) is 12.3. The molecule has 0 bridgehead atoms. The van der Waals surface area contributed by atoms with Gasteiger partial charge >= 0.3 is 0 Å². The average Bonchev–Trinajstić information content (AvgIpc) is 3.36. The summed E-state index contributed by atoms with van der Waals surface area (Å²) in [7, 11) is 0. The minimum atomic E-state index is -0.271. The molecule has 0 unspecified atom stereocenters. The number of carbonyl (C=O) groups excluding carboxylic acids is 1. The first-order valence-corrected chi connectivity index (χ1v) is 8.27. The van der Waals surface area contributed by atoms with E-state index in [0.29, 0.717) is 24.5 Å². The predicted octanol–water partition coefficient (Wildman–Crippen LogP) is 3.13. The second-order valence-corrected chi connectivity index (χ2v) is 6.12. The van der Waals surface area contributed by atoms with Crippen LogP contribution < -0.4 is 14.8 Å². The van der Waals surface area contributed by atoms with Crippen LogP contribution in [-0.2, 0) is 13.0 Å². The number of amides is 1. The van der Waals surface area contributed by atoms with Crippen molar-refractivity contribution >= 4 is 5.91 Å². The second kappa shape index (κ2) is 6.59. The molecule has 0 atom stereocenters. The molecule has 0 spiro atoms. The Kier molecular flexibility index (Phi) is 4.12. The van der Waals surface area contributed by atoms with Gasteiger partial charge < -0.3 is 23.7 Å². The number of hydrogen-bond donors (Lipinski definition) is 1. The van der Waals surface area contributed by atoms with Crippen molar-refractivity contribution in [3.8, 4) is 11.5 Å². The molecular weight excluding hydrogens is 336 g/mol. The summed E-state index contributed by atoms with van der Waals surface area (Å²) in [6, 6.07) is 9.04. The normalized spacial score (nSPS) is 12.4. The van der Waals surface area contributed by atoms with Gasteiger partial charge in [0.15, 0.2) is 17.3 Å². The highest BCUT2D eigenvalue weighted by atomic mass is 16.7. The Bertz CT molecular complexity index is 937. The van der Waals surface area contributed by atoms with Gasteiger partial charge in [0.25, 0.3) is 5.91 Å². The van der Waals surface area contributed by atoms with Crippen LogP contribution in [0.5, 0.6) is 11.5 Å². The van der Waals surface area contributed by atoms with E-state index in [4.69, 9.17) is 18.4 Å². The summed E-state index contributed by atoms with van der Waals surface area (Å²) in [5.41, 5.74) is 2.73. The van der Waals surface area contributed by atoms with Gasteiger partial charge in [0, 0.05) is 18.5 Å². The Balaban J connectivity index is 1.39. The number of aromatic nitrogens is 1. The molecule has 0 radical (unpaired) electrons. The van der Waals surface area contributed by atoms with E-state index >= 15 is 0 Å². The zero-order valence-electron chi connectivity index (χ0n) is 14.5. The standard InChI is InChI=1S/C19H18N2O5/c1-11-15(12(2)26-21-11)8-14-4-6-17(25-14)19(22)20-9-13-3-5-16-18(7-13)24-10-23-16/h3-7H,8-10H2,1-2H3,(H,20,22). The van der Waals surface area contributed by atoms with Crippen LogP contribution in [-0.4, -0.2) is 17.9 Å². The maximum atomic E-state index is 12.3. The molecule has 7 nitrogen and oxygen atoms in total. The van der Waals surface area contributed by atoms with Crippen molar-refractivity contribution in [1.82, 2.24) is 10.5 Å². The van der Waals surface area contributed by atoms with E-state index in [1.54, 1.807) is 12.1 Å². The quantitative estimate of drug-likeness (QED) is 0.757. The van der Waals surface area contributed by atoms with Crippen molar-refractivity contribution in [2.45, 2.75) is 26.8 Å². The van der Waals surface area contributed by atoms with Crippen molar-refractivity contribution in [3.05, 3.63) is 64.4 Å². The summed E-state index contributed by atoms with van der Waals surface area (Å²) in [6.07, 6.45) is 0.538. The number of rotatable bonds is 5. The van der Waals surface area contributed by atoms with E-state index in [0.717, 1.165) is 28.3 Å². The van der Waals surface area contributed by atoms with Crippen LogP contribution in [0.1, 0.15) is 38.9 Å². The number of hydrogen-bond acceptors (Lipinski definition) is 6. The van der Waals surface area contributed by atoms with E-state index in [9.17, 15) is 4.79 Å². The van der Waals surface area contributed by atoms with Crippen LogP contribution in [0.3, 0.4) is 0 Å². The highest BCUT2D eigenvalue weighted by Crippen LogP contribution is 2.32. The number of ether oxygens (including phenoxy) is 2. The fourth-order valence-corrected chi connectivity index (χ4v) is 2.84. The minimum Gasteiger partial charge on any atom is -0.456 e. The lowest BCUT2D eigenvalue weighted by Gasteiger charge is -2.05. The van der Waals surface area contributed by atoms with E-state index in [2.05, 4.69) is 10.5 Å². The van der Waals surface area contributed by atoms with Crippen LogP contribution in [0.2, 0.25) is 0 Å². The van der Waals surface area contributed by atoms with Gasteiger partial charge in [-0.05, 0) is 43.7 Å². The highest BCUT2D eigenvalue weighted by Gasteiger charge is 2.16. The highest BCUT2D eigenvalue weighted by molar-refractivity contribution is 5.91. The van der Waals surface area contributed by atoms with Gasteiger partial charge in [-0.15, -0.1) is 0 Å². The van der Waals surface area contributed by atoms with E-state index in [-0.39, 0.29) is 18.5 Å². The number of benzene rings is 1. The molecule has 4 rings (SSSR count). The first-order valence-electron chi connectivity index (χ1n) is 8.27. The fraction of sp³-hybridized carbons (Fsp3) is 0.263. The van der Waals surface area contributed by atoms with Gasteiger partial charge in [-0.3, -0.25) is 4.79 Å². The van der Waals surface area contributed by atoms with Gasteiger partial charge in [0.05, 0.1) is 5.69 Å². The molecule has 3 heterocycles. The zero-order valence-corrected chi connectivity index (χ0v) is 14.5. The molecule has 1 N–H and O–H groups in total. The maximum absolute atomic E-state index is 12.3. The molecule has 134 valence electrons. The third-order valence-electron chi connectivity index (χ3n) is 4.31. The van der Waals surface area contributed by atoms with E-state index in [1.807, 2.05) is 32.0 Å². The second-order valence-electron chi connectivity index (χ2n) is 6.12. The van der Waals surface area contributed by atoms with Gasteiger partial charge in [0.2, 0.25) is 6.79 Å². The molecule has 0 saturated carbocycles. The monoisotopic (exact) mass is 354 g/mol. The Hall–Kier alpha value is -3.22. The lowest BCUT2D eigenvalue weighted by atomic mass is 10.1. The van der Waals surface area contributed by atoms with Gasteiger partial charge in [-0.2, -0.15) is 0 Å². The Morgan fingerprint density at radius 2 is 2.00 bits per heavy atom. The Labute approximate surface area is 149 Å². The van der Waals surface area contributed by atoms with Crippen molar-refractivity contribution < 1.29 is 23.2 Å². The average molecular weight is 354 g/mol. The molecule has 7 heteroatoms. The molecule has 0 saturated heterocycles. The van der Waals surface area contributed by atoms with Crippen molar-refractivity contribution in [2.24, 2.45) is 0 Å². The molecule has 3 aromatic rings. The number of fused-ring (bicyclic) bond motifs is 1. The third-order valence-corrected chi connectivity index (χ3v) is 4.31. The number of furan rings is 1. The summed E-state index contributed by atoms with van der Waals surface area (Å²) >= 11 is 0. The zero-order chi connectivity index (χ0) is 18.1. The molecule has 0 aliphatic carbocycles. The SMILES string of the molecule is Cc1noc(C)c1Cc1ccc(C(=O)NCc2ccc3c(c2)OCO3)o1. The molecule has 1 aromatic carbocycles. The van der Waals surface area contributed by atoms with Crippen molar-refractivity contribution in [3.63, 3.8) is 0 Å². The minimum absolute atomic E-state index is 0.228. The summed E-state index contributed by atoms with van der Waals surface area (Å²) in [5.74, 6) is 2.85. The molecule has 0 fully saturated rings. The predicted molar refractivity (Wildman–Crippen MR) is 91.2 cm³/mol. The molecule has 1 aliphatic heterocycles. The fourth-order valence-electron chi connectivity index (χ4n) is 2.84. The van der Waals surface area contributed by atoms with Crippen molar-refractivity contribution in [1.29, 1.82) is 0 Å². The molecule has 26 heavy (non-hydrogen) atoms.